The summed E-state index contributed by atoms with van der Waals surface area (Å²) >= 11 is 6.11. The van der Waals surface area contributed by atoms with Crippen molar-refractivity contribution in [2.45, 2.75) is 13.2 Å². The molecule has 0 bridgehead atoms. The molecule has 146 valence electrons. The Bertz CT molecular complexity index is 1230. The van der Waals surface area contributed by atoms with E-state index in [0.717, 1.165) is 4.57 Å². The number of carbonyl (C=O) groups excluding carboxylic acids is 1. The molecule has 28 heavy (non-hydrogen) atoms. The molecule has 3 heterocycles. The van der Waals surface area contributed by atoms with Crippen LogP contribution in [0.5, 0.6) is 11.5 Å². The van der Waals surface area contributed by atoms with Gasteiger partial charge in [0, 0.05) is 14.1 Å². The van der Waals surface area contributed by atoms with Crippen LogP contribution < -0.4 is 20.7 Å². The monoisotopic (exact) mass is 406 g/mol. The first-order valence-corrected chi connectivity index (χ1v) is 8.59. The molecular formula is C17H15ClN4O6. The molecule has 4 rings (SSSR count). The van der Waals surface area contributed by atoms with Crippen molar-refractivity contribution < 1.29 is 19.0 Å². The smallest absolute Gasteiger partial charge is 0.332 e. The summed E-state index contributed by atoms with van der Waals surface area (Å²) in [6.07, 6.45) is 1.32. The van der Waals surface area contributed by atoms with Crippen LogP contribution in [0.25, 0.3) is 11.2 Å². The van der Waals surface area contributed by atoms with Crippen LogP contribution in [0, 0.1) is 0 Å². The highest BCUT2D eigenvalue weighted by Crippen LogP contribution is 2.39. The van der Waals surface area contributed by atoms with Crippen molar-refractivity contribution in [1.29, 1.82) is 0 Å². The zero-order valence-electron chi connectivity index (χ0n) is 15.0. The van der Waals surface area contributed by atoms with Gasteiger partial charge < -0.3 is 18.8 Å². The molecule has 11 heteroatoms. The minimum Gasteiger partial charge on any atom is -0.459 e. The lowest BCUT2D eigenvalue weighted by Crippen LogP contribution is -2.37. The third kappa shape index (κ3) is 2.91. The second kappa shape index (κ2) is 6.71. The molecule has 0 spiro atoms. The van der Waals surface area contributed by atoms with E-state index in [1.54, 1.807) is 12.1 Å². The number of aromatic nitrogens is 4. The maximum Gasteiger partial charge on any atom is 0.332 e. The predicted molar refractivity (Wildman–Crippen MR) is 97.6 cm³/mol. The quantitative estimate of drug-likeness (QED) is 0.582. The van der Waals surface area contributed by atoms with Gasteiger partial charge in [-0.3, -0.25) is 18.7 Å². The van der Waals surface area contributed by atoms with Gasteiger partial charge >= 0.3 is 11.7 Å². The first-order chi connectivity index (χ1) is 13.4. The van der Waals surface area contributed by atoms with E-state index in [-0.39, 0.29) is 31.1 Å². The molecule has 1 aliphatic rings. The Kier molecular flexibility index (Phi) is 4.34. The van der Waals surface area contributed by atoms with E-state index in [9.17, 15) is 14.4 Å². The fraction of sp³-hybridized carbons (Fsp3) is 0.294. The number of benzene rings is 1. The molecule has 0 aliphatic carbocycles. The predicted octanol–water partition coefficient (Wildman–Crippen LogP) is 0.559. The molecule has 0 unspecified atom stereocenters. The fourth-order valence-electron chi connectivity index (χ4n) is 2.97. The number of imidazole rings is 1. The Labute approximate surface area is 162 Å². The van der Waals surface area contributed by atoms with Gasteiger partial charge in [-0.15, -0.1) is 0 Å². The van der Waals surface area contributed by atoms with Crippen LogP contribution in [0.4, 0.5) is 0 Å². The third-order valence-electron chi connectivity index (χ3n) is 4.40. The van der Waals surface area contributed by atoms with Gasteiger partial charge in [-0.2, -0.15) is 0 Å². The van der Waals surface area contributed by atoms with Gasteiger partial charge in [0.05, 0.1) is 11.3 Å². The van der Waals surface area contributed by atoms with Gasteiger partial charge in [0.15, 0.2) is 22.7 Å². The number of ether oxygens (including phenoxy) is 3. The highest BCUT2D eigenvalue weighted by Gasteiger charge is 2.20. The van der Waals surface area contributed by atoms with Crippen molar-refractivity contribution >= 4 is 28.7 Å². The highest BCUT2D eigenvalue weighted by atomic mass is 35.5. The van der Waals surface area contributed by atoms with Gasteiger partial charge in [-0.25, -0.2) is 9.78 Å². The Hall–Kier alpha value is -3.27. The molecular weight excluding hydrogens is 392 g/mol. The number of esters is 1. The summed E-state index contributed by atoms with van der Waals surface area (Å²) in [6, 6.07) is 3.31. The Morgan fingerprint density at radius 3 is 2.82 bits per heavy atom. The Balaban J connectivity index is 1.53. The van der Waals surface area contributed by atoms with Crippen molar-refractivity contribution in [2.75, 3.05) is 6.79 Å². The average Bonchev–Trinajstić information content (AvgIpc) is 3.30. The summed E-state index contributed by atoms with van der Waals surface area (Å²) in [6.45, 7) is -0.177. The van der Waals surface area contributed by atoms with Crippen LogP contribution in [0.15, 0.2) is 28.0 Å². The number of rotatable bonds is 4. The minimum absolute atomic E-state index is 0.0294. The van der Waals surface area contributed by atoms with Gasteiger partial charge in [0.1, 0.15) is 13.2 Å². The topological polar surface area (TPSA) is 107 Å². The number of aryl methyl sites for hydroxylation is 1. The number of halogens is 1. The van der Waals surface area contributed by atoms with Crippen LogP contribution in [0.3, 0.4) is 0 Å². The van der Waals surface area contributed by atoms with Gasteiger partial charge in [-0.1, -0.05) is 11.6 Å². The lowest BCUT2D eigenvalue weighted by atomic mass is 10.2. The summed E-state index contributed by atoms with van der Waals surface area (Å²) in [4.78, 5) is 40.7. The molecule has 2 aromatic heterocycles. The second-order valence-corrected chi connectivity index (χ2v) is 6.63. The molecule has 1 aliphatic heterocycles. The molecule has 0 atom stereocenters. The van der Waals surface area contributed by atoms with Crippen LogP contribution in [0.1, 0.15) is 5.56 Å². The number of nitrogens with zero attached hydrogens (tertiary/aromatic N) is 4. The SMILES string of the molecule is Cn1c(=O)c2c(ncn2CC(=O)OCc2cc(Cl)c3c(c2)OCO3)n(C)c1=O. The minimum atomic E-state index is -0.580. The van der Waals surface area contributed by atoms with Gasteiger partial charge in [-0.05, 0) is 17.7 Å². The Morgan fingerprint density at radius 1 is 1.25 bits per heavy atom. The first kappa shape index (κ1) is 18.1. The first-order valence-electron chi connectivity index (χ1n) is 8.21. The van der Waals surface area contributed by atoms with E-state index >= 15 is 0 Å². The molecule has 0 fully saturated rings. The number of hydrogen-bond acceptors (Lipinski definition) is 7. The molecule has 0 radical (unpaired) electrons. The number of fused-ring (bicyclic) bond motifs is 2. The molecule has 0 N–H and O–H groups in total. The van der Waals surface area contributed by atoms with E-state index in [4.69, 9.17) is 25.8 Å². The third-order valence-corrected chi connectivity index (χ3v) is 4.68. The normalized spacial score (nSPS) is 12.5. The lowest BCUT2D eigenvalue weighted by Gasteiger charge is -2.08. The summed E-state index contributed by atoms with van der Waals surface area (Å²) in [5, 5.41) is 0.367. The number of hydrogen-bond donors (Lipinski definition) is 0. The molecule has 0 amide bonds. The van der Waals surface area contributed by atoms with Crippen molar-refractivity contribution in [2.24, 2.45) is 14.1 Å². The van der Waals surface area contributed by atoms with Crippen molar-refractivity contribution in [3.63, 3.8) is 0 Å². The summed E-state index contributed by atoms with van der Waals surface area (Å²) in [5.74, 6) is 0.371. The zero-order valence-corrected chi connectivity index (χ0v) is 15.7. The maximum atomic E-state index is 12.4. The van der Waals surface area contributed by atoms with Crippen LogP contribution in [-0.2, 0) is 36.8 Å². The molecule has 1 aromatic carbocycles. The average molecular weight is 407 g/mol. The van der Waals surface area contributed by atoms with E-state index in [1.165, 1.54) is 29.6 Å². The van der Waals surface area contributed by atoms with E-state index < -0.39 is 17.2 Å². The Morgan fingerprint density at radius 2 is 2.04 bits per heavy atom. The van der Waals surface area contributed by atoms with Crippen molar-refractivity contribution in [3.05, 3.63) is 49.9 Å². The second-order valence-electron chi connectivity index (χ2n) is 6.22. The van der Waals surface area contributed by atoms with Crippen LogP contribution in [0.2, 0.25) is 5.02 Å². The molecule has 10 nitrogen and oxygen atoms in total. The molecule has 3 aromatic rings. The zero-order chi connectivity index (χ0) is 20.0. The van der Waals surface area contributed by atoms with Crippen molar-refractivity contribution in [3.8, 4) is 11.5 Å². The number of carbonyl (C=O) groups is 1. The summed E-state index contributed by atoms with van der Waals surface area (Å²) in [5.41, 5.74) is -0.0523. The van der Waals surface area contributed by atoms with Gasteiger partial charge in [0.2, 0.25) is 6.79 Å². The lowest BCUT2D eigenvalue weighted by molar-refractivity contribution is -0.145. The largest absolute Gasteiger partial charge is 0.459 e. The van der Waals surface area contributed by atoms with Crippen LogP contribution >= 0.6 is 11.6 Å². The van der Waals surface area contributed by atoms with Crippen molar-refractivity contribution in [1.82, 2.24) is 18.7 Å². The highest BCUT2D eigenvalue weighted by molar-refractivity contribution is 6.32. The molecule has 0 saturated carbocycles. The fourth-order valence-corrected chi connectivity index (χ4v) is 3.26. The standard InChI is InChI=1S/C17H15ClN4O6/c1-20-15-13(16(24)21(2)17(20)25)22(7-19-15)5-12(23)26-6-9-3-10(18)14-11(4-9)27-8-28-14/h3-4,7H,5-6,8H2,1-2H3. The molecule has 0 saturated heterocycles. The summed E-state index contributed by atoms with van der Waals surface area (Å²) in [7, 11) is 2.87. The van der Waals surface area contributed by atoms with E-state index in [2.05, 4.69) is 4.98 Å². The van der Waals surface area contributed by atoms with Gasteiger partial charge in [0.25, 0.3) is 5.56 Å². The van der Waals surface area contributed by atoms with Crippen LogP contribution in [-0.4, -0.2) is 31.4 Å². The van der Waals surface area contributed by atoms with E-state index in [1.807, 2.05) is 0 Å². The maximum absolute atomic E-state index is 12.4. The van der Waals surface area contributed by atoms with E-state index in [0.29, 0.717) is 22.1 Å². The summed E-state index contributed by atoms with van der Waals surface area (Å²) < 4.78 is 19.3.